The van der Waals surface area contributed by atoms with Gasteiger partial charge in [0.2, 0.25) is 0 Å². The second-order valence-corrected chi connectivity index (χ2v) is 4.68. The van der Waals surface area contributed by atoms with Gasteiger partial charge in [-0.05, 0) is 36.5 Å². The molecule has 2 aliphatic rings. The van der Waals surface area contributed by atoms with Crippen LogP contribution in [0.25, 0.3) is 0 Å². The Morgan fingerprint density at radius 3 is 2.42 bits per heavy atom. The average molecular weight is 166 g/mol. The fraction of sp³-hybridized carbons (Fsp3) is 0.818. The van der Waals surface area contributed by atoms with E-state index >= 15 is 0 Å². The second kappa shape index (κ2) is 2.88. The third-order valence-corrected chi connectivity index (χ3v) is 3.45. The van der Waals surface area contributed by atoms with Crippen molar-refractivity contribution in [1.29, 1.82) is 0 Å². The van der Waals surface area contributed by atoms with Crippen LogP contribution in [0.1, 0.15) is 26.7 Å². The SMILES string of the molecule is CC(C)C(O)C1CC2C=CC1C2. The molecule has 0 spiro atoms. The summed E-state index contributed by atoms with van der Waals surface area (Å²) >= 11 is 0. The molecule has 68 valence electrons. The summed E-state index contributed by atoms with van der Waals surface area (Å²) in [5.74, 6) is 2.45. The van der Waals surface area contributed by atoms with Crippen molar-refractivity contribution in [2.24, 2.45) is 23.7 Å². The van der Waals surface area contributed by atoms with Crippen molar-refractivity contribution in [3.8, 4) is 0 Å². The first-order valence-corrected chi connectivity index (χ1v) is 5.05. The third-order valence-electron chi connectivity index (χ3n) is 3.45. The van der Waals surface area contributed by atoms with Crippen molar-refractivity contribution in [1.82, 2.24) is 0 Å². The van der Waals surface area contributed by atoms with Crippen LogP contribution in [0.3, 0.4) is 0 Å². The molecule has 0 amide bonds. The molecule has 1 saturated carbocycles. The molecule has 0 saturated heterocycles. The maximum absolute atomic E-state index is 9.91. The Morgan fingerprint density at radius 1 is 1.25 bits per heavy atom. The van der Waals surface area contributed by atoms with Crippen LogP contribution in [0, 0.1) is 23.7 Å². The van der Waals surface area contributed by atoms with E-state index in [-0.39, 0.29) is 6.10 Å². The van der Waals surface area contributed by atoms with Crippen molar-refractivity contribution in [2.75, 3.05) is 0 Å². The van der Waals surface area contributed by atoms with Crippen molar-refractivity contribution in [3.63, 3.8) is 0 Å². The van der Waals surface area contributed by atoms with Gasteiger partial charge in [0.25, 0.3) is 0 Å². The normalized spacial score (nSPS) is 41.2. The van der Waals surface area contributed by atoms with Gasteiger partial charge in [-0.25, -0.2) is 0 Å². The second-order valence-electron chi connectivity index (χ2n) is 4.68. The van der Waals surface area contributed by atoms with E-state index in [2.05, 4.69) is 26.0 Å². The Balaban J connectivity index is 2.03. The van der Waals surface area contributed by atoms with Crippen LogP contribution in [-0.4, -0.2) is 11.2 Å². The van der Waals surface area contributed by atoms with Gasteiger partial charge in [0.15, 0.2) is 0 Å². The molecule has 1 N–H and O–H groups in total. The Hall–Kier alpha value is -0.300. The Kier molecular flexibility index (Phi) is 1.99. The number of aliphatic hydroxyl groups is 1. The van der Waals surface area contributed by atoms with Crippen LogP contribution >= 0.6 is 0 Å². The Bertz CT molecular complexity index is 195. The molecule has 0 aromatic carbocycles. The monoisotopic (exact) mass is 166 g/mol. The lowest BCUT2D eigenvalue weighted by Gasteiger charge is -2.26. The van der Waals surface area contributed by atoms with Gasteiger partial charge in [-0.15, -0.1) is 0 Å². The molecule has 0 heterocycles. The molecule has 2 aliphatic carbocycles. The summed E-state index contributed by atoms with van der Waals surface area (Å²) in [5, 5.41) is 9.91. The number of hydrogen-bond acceptors (Lipinski definition) is 1. The zero-order chi connectivity index (χ0) is 8.72. The summed E-state index contributed by atoms with van der Waals surface area (Å²) in [7, 11) is 0. The number of hydrogen-bond donors (Lipinski definition) is 1. The lowest BCUT2D eigenvalue weighted by molar-refractivity contribution is 0.0526. The molecular formula is C11H18O. The average Bonchev–Trinajstić information content (AvgIpc) is 2.62. The van der Waals surface area contributed by atoms with E-state index < -0.39 is 0 Å². The maximum Gasteiger partial charge on any atom is 0.0597 e. The first kappa shape index (κ1) is 8.31. The standard InChI is InChI=1S/C11H18O/c1-7(2)11(12)10-6-8-3-4-9(10)5-8/h3-4,7-12H,5-6H2,1-2H3. The largest absolute Gasteiger partial charge is 0.393 e. The quantitative estimate of drug-likeness (QED) is 0.624. The number of aliphatic hydroxyl groups excluding tert-OH is 1. The van der Waals surface area contributed by atoms with Crippen molar-refractivity contribution in [3.05, 3.63) is 12.2 Å². The first-order chi connectivity index (χ1) is 5.68. The van der Waals surface area contributed by atoms with E-state index in [9.17, 15) is 5.11 Å². The van der Waals surface area contributed by atoms with Gasteiger partial charge in [0.1, 0.15) is 0 Å². The molecule has 0 aromatic heterocycles. The number of fused-ring (bicyclic) bond motifs is 2. The minimum atomic E-state index is -0.0788. The highest BCUT2D eigenvalue weighted by atomic mass is 16.3. The van der Waals surface area contributed by atoms with Gasteiger partial charge < -0.3 is 5.11 Å². The summed E-state index contributed by atoms with van der Waals surface area (Å²) in [4.78, 5) is 0. The highest BCUT2D eigenvalue weighted by molar-refractivity contribution is 5.11. The smallest absolute Gasteiger partial charge is 0.0597 e. The van der Waals surface area contributed by atoms with Crippen LogP contribution in [0.5, 0.6) is 0 Å². The Morgan fingerprint density at radius 2 is 2.00 bits per heavy atom. The lowest BCUT2D eigenvalue weighted by atomic mass is 9.83. The topological polar surface area (TPSA) is 20.2 Å². The van der Waals surface area contributed by atoms with E-state index in [0.29, 0.717) is 17.8 Å². The van der Waals surface area contributed by atoms with Crippen molar-refractivity contribution in [2.45, 2.75) is 32.8 Å². The summed E-state index contributed by atoms with van der Waals surface area (Å²) in [6, 6.07) is 0. The molecule has 0 aromatic rings. The van der Waals surface area contributed by atoms with Crippen molar-refractivity contribution >= 4 is 0 Å². The van der Waals surface area contributed by atoms with E-state index in [1.165, 1.54) is 12.8 Å². The fourth-order valence-electron chi connectivity index (χ4n) is 2.71. The number of rotatable bonds is 2. The highest BCUT2D eigenvalue weighted by Gasteiger charge is 2.40. The molecule has 0 aliphatic heterocycles. The predicted octanol–water partition coefficient (Wildman–Crippen LogP) is 2.22. The molecule has 1 nitrogen and oxygen atoms in total. The van der Waals surface area contributed by atoms with Crippen LogP contribution in [0.2, 0.25) is 0 Å². The van der Waals surface area contributed by atoms with Gasteiger partial charge in [-0.1, -0.05) is 26.0 Å². The molecule has 2 rings (SSSR count). The van der Waals surface area contributed by atoms with Crippen molar-refractivity contribution < 1.29 is 5.11 Å². The van der Waals surface area contributed by atoms with Gasteiger partial charge in [0.05, 0.1) is 6.10 Å². The molecule has 1 fully saturated rings. The van der Waals surface area contributed by atoms with E-state index in [4.69, 9.17) is 0 Å². The minimum absolute atomic E-state index is 0.0788. The van der Waals surface area contributed by atoms with Crippen LogP contribution < -0.4 is 0 Å². The van der Waals surface area contributed by atoms with Gasteiger partial charge >= 0.3 is 0 Å². The maximum atomic E-state index is 9.91. The van der Waals surface area contributed by atoms with Gasteiger partial charge in [-0.3, -0.25) is 0 Å². The Labute approximate surface area is 74.5 Å². The molecule has 0 radical (unpaired) electrons. The van der Waals surface area contributed by atoms with Crippen LogP contribution in [0.15, 0.2) is 12.2 Å². The van der Waals surface area contributed by atoms with Crippen LogP contribution in [-0.2, 0) is 0 Å². The third kappa shape index (κ3) is 1.20. The van der Waals surface area contributed by atoms with Gasteiger partial charge in [0, 0.05) is 0 Å². The molecular weight excluding hydrogens is 148 g/mol. The highest BCUT2D eigenvalue weighted by Crippen LogP contribution is 2.45. The molecule has 1 heteroatoms. The zero-order valence-electron chi connectivity index (χ0n) is 7.90. The van der Waals surface area contributed by atoms with Crippen LogP contribution in [0.4, 0.5) is 0 Å². The molecule has 2 bridgehead atoms. The number of allylic oxidation sites excluding steroid dienone is 2. The zero-order valence-corrected chi connectivity index (χ0v) is 7.90. The van der Waals surface area contributed by atoms with E-state index in [1.54, 1.807) is 0 Å². The van der Waals surface area contributed by atoms with Gasteiger partial charge in [-0.2, -0.15) is 0 Å². The molecule has 4 unspecified atom stereocenters. The first-order valence-electron chi connectivity index (χ1n) is 5.05. The summed E-state index contributed by atoms with van der Waals surface area (Å²) in [6.45, 7) is 4.22. The molecule has 4 atom stereocenters. The predicted molar refractivity (Wildman–Crippen MR) is 49.7 cm³/mol. The summed E-state index contributed by atoms with van der Waals surface area (Å²) < 4.78 is 0. The lowest BCUT2D eigenvalue weighted by Crippen LogP contribution is -2.28. The van der Waals surface area contributed by atoms with E-state index in [0.717, 1.165) is 5.92 Å². The minimum Gasteiger partial charge on any atom is -0.393 e. The summed E-state index contributed by atoms with van der Waals surface area (Å²) in [6.07, 6.45) is 7.08. The fourth-order valence-corrected chi connectivity index (χ4v) is 2.71. The van der Waals surface area contributed by atoms with E-state index in [1.807, 2.05) is 0 Å². The summed E-state index contributed by atoms with van der Waals surface area (Å²) in [5.41, 5.74) is 0. The molecule has 12 heavy (non-hydrogen) atoms.